The van der Waals surface area contributed by atoms with Crippen molar-refractivity contribution in [3.63, 3.8) is 0 Å². The van der Waals surface area contributed by atoms with Crippen LogP contribution >= 0.6 is 47.8 Å². The fourth-order valence-corrected chi connectivity index (χ4v) is 1.16. The van der Waals surface area contributed by atoms with Crippen molar-refractivity contribution < 1.29 is 0 Å². The lowest BCUT2D eigenvalue weighted by molar-refractivity contribution is 1.01. The first-order valence-electron chi connectivity index (χ1n) is 2.44. The molecule has 10 heavy (non-hydrogen) atoms. The monoisotopic (exact) mass is 328 g/mol. The van der Waals surface area contributed by atoms with Gasteiger partial charge in [0, 0.05) is 11.8 Å². The number of halogens is 3. The fraction of sp³-hybridized carbons (Fsp3) is 0.200. The van der Waals surface area contributed by atoms with Crippen molar-refractivity contribution in [3.8, 4) is 0 Å². The minimum Gasteiger partial charge on any atom is -0.159 e. The largest absolute Gasteiger partial charge is 0.161 e. The highest BCUT2D eigenvalue weighted by Crippen LogP contribution is 2.43. The molecule has 0 atom stereocenters. The molecule has 0 aliphatic rings. The van der Waals surface area contributed by atoms with E-state index < -0.39 is 0 Å². The number of hydrogen-bond acceptors (Lipinski definition) is 2. The number of rotatable bonds is 0. The molecule has 0 radical (unpaired) electrons. The molecule has 0 aromatic carbocycles. The maximum Gasteiger partial charge on any atom is 0.161 e. The summed E-state index contributed by atoms with van der Waals surface area (Å²) >= 11 is 10.1. The van der Waals surface area contributed by atoms with E-state index >= 15 is 0 Å². The van der Waals surface area contributed by atoms with Crippen LogP contribution in [0.1, 0.15) is 5.56 Å². The molecule has 1 heterocycles. The van der Waals surface area contributed by atoms with Crippen LogP contribution in [0.5, 0.6) is 0 Å². The van der Waals surface area contributed by atoms with Gasteiger partial charge < -0.3 is 0 Å². The van der Waals surface area contributed by atoms with Gasteiger partial charge in [-0.3, -0.25) is 0 Å². The molecular weight excluding hydrogens is 328 g/mol. The van der Waals surface area contributed by atoms with Gasteiger partial charge in [-0.25, -0.2) is 0 Å². The predicted molar refractivity (Wildman–Crippen MR) is 50.5 cm³/mol. The molecule has 1 rings (SSSR count). The van der Waals surface area contributed by atoms with Crippen molar-refractivity contribution in [2.45, 2.75) is 2.14 Å². The molecular formula is C5H3Br3N2. The summed E-state index contributed by atoms with van der Waals surface area (Å²) in [5, 5.41) is 7.36. The van der Waals surface area contributed by atoms with E-state index in [0.717, 1.165) is 5.56 Å². The SMILES string of the molecule is BrC(Br)(Br)c1ccnnc1. The second-order valence-corrected chi connectivity index (χ2v) is 8.39. The van der Waals surface area contributed by atoms with Gasteiger partial charge in [0.1, 0.15) is 0 Å². The first-order chi connectivity index (χ1) is 4.61. The van der Waals surface area contributed by atoms with E-state index in [4.69, 9.17) is 0 Å². The molecule has 0 aliphatic heterocycles. The van der Waals surface area contributed by atoms with Crippen LogP contribution in [0, 0.1) is 0 Å². The van der Waals surface area contributed by atoms with Crippen LogP contribution in [0.25, 0.3) is 0 Å². The van der Waals surface area contributed by atoms with Crippen LogP contribution in [-0.4, -0.2) is 10.2 Å². The Bertz CT molecular complexity index is 206. The Morgan fingerprint density at radius 2 is 1.90 bits per heavy atom. The van der Waals surface area contributed by atoms with Crippen molar-refractivity contribution in [1.82, 2.24) is 10.2 Å². The summed E-state index contributed by atoms with van der Waals surface area (Å²) in [4.78, 5) is 0. The van der Waals surface area contributed by atoms with E-state index in [1.165, 1.54) is 0 Å². The van der Waals surface area contributed by atoms with Gasteiger partial charge in [-0.15, -0.1) is 0 Å². The zero-order valence-electron chi connectivity index (χ0n) is 4.76. The summed E-state index contributed by atoms with van der Waals surface area (Å²) in [5.41, 5.74) is 0.975. The molecule has 1 aromatic heterocycles. The Hall–Kier alpha value is 0.520. The number of nitrogens with zero attached hydrogens (tertiary/aromatic N) is 2. The number of aromatic nitrogens is 2. The quantitative estimate of drug-likeness (QED) is 0.684. The molecule has 0 saturated heterocycles. The van der Waals surface area contributed by atoms with Crippen molar-refractivity contribution in [2.75, 3.05) is 0 Å². The highest BCUT2D eigenvalue weighted by atomic mass is 80.0. The third-order valence-corrected chi connectivity index (χ3v) is 2.29. The van der Waals surface area contributed by atoms with E-state index in [0.29, 0.717) is 0 Å². The lowest BCUT2D eigenvalue weighted by Crippen LogP contribution is -1.98. The maximum absolute atomic E-state index is 3.71. The van der Waals surface area contributed by atoms with Crippen LogP contribution in [0.4, 0.5) is 0 Å². The Labute approximate surface area is 83.8 Å². The van der Waals surface area contributed by atoms with Crippen LogP contribution < -0.4 is 0 Å². The number of hydrogen-bond donors (Lipinski definition) is 0. The van der Waals surface area contributed by atoms with Gasteiger partial charge in [0.25, 0.3) is 0 Å². The van der Waals surface area contributed by atoms with Gasteiger partial charge in [0.05, 0.1) is 6.20 Å². The minimum atomic E-state index is -0.372. The fourth-order valence-electron chi connectivity index (χ4n) is 0.458. The van der Waals surface area contributed by atoms with Crippen LogP contribution in [0.15, 0.2) is 18.5 Å². The molecule has 0 spiro atoms. The van der Waals surface area contributed by atoms with E-state index in [2.05, 4.69) is 58.0 Å². The second kappa shape index (κ2) is 3.28. The Morgan fingerprint density at radius 1 is 1.20 bits per heavy atom. The van der Waals surface area contributed by atoms with Gasteiger partial charge in [-0.1, -0.05) is 47.8 Å². The summed E-state index contributed by atoms with van der Waals surface area (Å²) < 4.78 is -0.372. The summed E-state index contributed by atoms with van der Waals surface area (Å²) in [5.74, 6) is 0. The van der Waals surface area contributed by atoms with Crippen molar-refractivity contribution in [2.24, 2.45) is 0 Å². The average Bonchev–Trinajstić information content (AvgIpc) is 1.88. The topological polar surface area (TPSA) is 25.8 Å². The molecule has 1 aromatic rings. The molecule has 2 nitrogen and oxygen atoms in total. The second-order valence-electron chi connectivity index (χ2n) is 1.63. The molecule has 0 unspecified atom stereocenters. The summed E-state index contributed by atoms with van der Waals surface area (Å²) in [6.07, 6.45) is 3.30. The Morgan fingerprint density at radius 3 is 2.20 bits per heavy atom. The molecule has 5 heteroatoms. The van der Waals surface area contributed by atoms with Gasteiger partial charge in [-0.05, 0) is 6.07 Å². The van der Waals surface area contributed by atoms with E-state index in [-0.39, 0.29) is 2.14 Å². The summed E-state index contributed by atoms with van der Waals surface area (Å²) in [7, 11) is 0. The standard InChI is InChI=1S/C5H3Br3N2/c6-5(7,8)4-1-2-9-10-3-4/h1-3H. The van der Waals surface area contributed by atoms with Crippen LogP contribution in [0.2, 0.25) is 0 Å². The highest BCUT2D eigenvalue weighted by molar-refractivity contribution is 9.38. The maximum atomic E-state index is 3.71. The minimum absolute atomic E-state index is 0.372. The van der Waals surface area contributed by atoms with Crippen molar-refractivity contribution in [3.05, 3.63) is 24.0 Å². The molecule has 54 valence electrons. The first kappa shape index (κ1) is 8.62. The van der Waals surface area contributed by atoms with Gasteiger partial charge >= 0.3 is 0 Å². The lowest BCUT2D eigenvalue weighted by atomic mass is 10.4. The molecule has 0 aliphatic carbocycles. The molecule has 0 N–H and O–H groups in total. The van der Waals surface area contributed by atoms with Crippen molar-refractivity contribution >= 4 is 47.8 Å². The van der Waals surface area contributed by atoms with Crippen molar-refractivity contribution in [1.29, 1.82) is 0 Å². The number of alkyl halides is 3. The zero-order chi connectivity index (χ0) is 7.61. The van der Waals surface area contributed by atoms with E-state index in [1.807, 2.05) is 6.07 Å². The third kappa shape index (κ3) is 2.29. The van der Waals surface area contributed by atoms with Crippen LogP contribution in [0.3, 0.4) is 0 Å². The molecule has 0 bridgehead atoms. The highest BCUT2D eigenvalue weighted by Gasteiger charge is 2.20. The zero-order valence-corrected chi connectivity index (χ0v) is 9.52. The lowest BCUT2D eigenvalue weighted by Gasteiger charge is -2.09. The smallest absolute Gasteiger partial charge is 0.159 e. The normalized spacial score (nSPS) is 11.5. The first-order valence-corrected chi connectivity index (χ1v) is 4.82. The summed E-state index contributed by atoms with van der Waals surface area (Å²) in [6.45, 7) is 0. The third-order valence-electron chi connectivity index (χ3n) is 0.912. The molecule has 0 amide bonds. The Balaban J connectivity index is 2.97. The molecule has 0 fully saturated rings. The van der Waals surface area contributed by atoms with Gasteiger partial charge in [0.2, 0.25) is 0 Å². The van der Waals surface area contributed by atoms with E-state index in [1.54, 1.807) is 12.4 Å². The van der Waals surface area contributed by atoms with E-state index in [9.17, 15) is 0 Å². The summed E-state index contributed by atoms with van der Waals surface area (Å²) in [6, 6.07) is 1.85. The predicted octanol–water partition coefficient (Wildman–Crippen LogP) is 2.77. The van der Waals surface area contributed by atoms with Gasteiger partial charge in [-0.2, -0.15) is 10.2 Å². The Kier molecular flexibility index (Phi) is 2.82. The average molecular weight is 331 g/mol. The van der Waals surface area contributed by atoms with Gasteiger partial charge in [0.15, 0.2) is 2.14 Å². The van der Waals surface area contributed by atoms with Crippen LogP contribution in [-0.2, 0) is 2.14 Å². The molecule has 0 saturated carbocycles.